The minimum absolute atomic E-state index is 0.438. The van der Waals surface area contributed by atoms with Gasteiger partial charge in [0, 0.05) is 23.7 Å². The summed E-state index contributed by atoms with van der Waals surface area (Å²) in [5.41, 5.74) is 2.21. The lowest BCUT2D eigenvalue weighted by atomic mass is 9.95. The van der Waals surface area contributed by atoms with Crippen molar-refractivity contribution in [2.24, 2.45) is 0 Å². The summed E-state index contributed by atoms with van der Waals surface area (Å²) in [4.78, 5) is 4.55. The highest BCUT2D eigenvalue weighted by Gasteiger charge is 2.22. The molecule has 4 nitrogen and oxygen atoms in total. The third-order valence-electron chi connectivity index (χ3n) is 4.30. The van der Waals surface area contributed by atoms with Crippen molar-refractivity contribution in [1.82, 2.24) is 14.6 Å². The first kappa shape index (κ1) is 14.7. The molecule has 3 rings (SSSR count). The topological polar surface area (TPSA) is 42.2 Å². The van der Waals surface area contributed by atoms with Gasteiger partial charge in [-0.05, 0) is 37.5 Å². The largest absolute Gasteiger partial charge is 0.366 e. The lowest BCUT2D eigenvalue weighted by molar-refractivity contribution is 0.473. The van der Waals surface area contributed by atoms with Gasteiger partial charge in [-0.25, -0.2) is 9.50 Å². The molecule has 0 aromatic carbocycles. The van der Waals surface area contributed by atoms with E-state index in [9.17, 15) is 0 Å². The van der Waals surface area contributed by atoms with Crippen LogP contribution in [0.25, 0.3) is 5.52 Å². The van der Waals surface area contributed by atoms with Gasteiger partial charge in [0.25, 0.3) is 0 Å². The van der Waals surface area contributed by atoms with E-state index in [-0.39, 0.29) is 0 Å². The summed E-state index contributed by atoms with van der Waals surface area (Å²) >= 11 is 1.99. The molecule has 1 aliphatic rings. The Kier molecular flexibility index (Phi) is 4.38. The summed E-state index contributed by atoms with van der Waals surface area (Å²) in [6, 6.07) is 2.70. The molecule has 2 aromatic heterocycles. The molecule has 2 unspecified atom stereocenters. The molecule has 114 valence electrons. The van der Waals surface area contributed by atoms with Crippen molar-refractivity contribution in [3.05, 3.63) is 24.2 Å². The highest BCUT2D eigenvalue weighted by Crippen LogP contribution is 2.29. The summed E-state index contributed by atoms with van der Waals surface area (Å²) in [7, 11) is 0. The molecule has 1 fully saturated rings. The Balaban J connectivity index is 1.83. The van der Waals surface area contributed by atoms with Gasteiger partial charge in [0.1, 0.15) is 5.52 Å². The highest BCUT2D eigenvalue weighted by atomic mass is 32.2. The van der Waals surface area contributed by atoms with Crippen LogP contribution in [0.1, 0.15) is 51.1 Å². The summed E-state index contributed by atoms with van der Waals surface area (Å²) in [6.07, 6.45) is 11.1. The summed E-state index contributed by atoms with van der Waals surface area (Å²) < 4.78 is 1.94. The van der Waals surface area contributed by atoms with Crippen molar-refractivity contribution in [2.45, 2.75) is 56.7 Å². The zero-order valence-electron chi connectivity index (χ0n) is 13.0. The van der Waals surface area contributed by atoms with Crippen molar-refractivity contribution < 1.29 is 0 Å². The average Bonchev–Trinajstić information content (AvgIpc) is 2.93. The maximum atomic E-state index is 4.63. The van der Waals surface area contributed by atoms with Gasteiger partial charge in [-0.15, -0.1) is 0 Å². The Labute approximate surface area is 130 Å². The molecule has 0 radical (unpaired) electrons. The SMILES string of the molecule is CSC1CCCC(Nc2nccn3nc(C(C)C)cc23)C1. The Morgan fingerprint density at radius 1 is 1.38 bits per heavy atom. The molecular formula is C16H24N4S. The first-order valence-corrected chi connectivity index (χ1v) is 9.09. The second-order valence-corrected chi connectivity index (χ2v) is 7.33. The first-order chi connectivity index (χ1) is 10.2. The minimum Gasteiger partial charge on any atom is -0.366 e. The molecule has 1 N–H and O–H groups in total. The number of rotatable bonds is 4. The fraction of sp³-hybridized carbons (Fsp3) is 0.625. The van der Waals surface area contributed by atoms with E-state index in [0.29, 0.717) is 12.0 Å². The second kappa shape index (κ2) is 6.26. The standard InChI is InChI=1S/C16H24N4S/c1-11(2)14-10-15-16(17-7-8-20(15)19-14)18-12-5-4-6-13(9-12)21-3/h7-8,10-13H,4-6,9H2,1-3H3,(H,17,18). The third-order valence-corrected chi connectivity index (χ3v) is 5.40. The number of nitrogens with one attached hydrogen (secondary N) is 1. The van der Waals surface area contributed by atoms with Gasteiger partial charge >= 0.3 is 0 Å². The smallest absolute Gasteiger partial charge is 0.152 e. The van der Waals surface area contributed by atoms with Crippen LogP contribution in [-0.2, 0) is 0 Å². The molecule has 21 heavy (non-hydrogen) atoms. The van der Waals surface area contributed by atoms with E-state index in [4.69, 9.17) is 0 Å². The maximum Gasteiger partial charge on any atom is 0.152 e. The fourth-order valence-corrected chi connectivity index (χ4v) is 3.84. The van der Waals surface area contributed by atoms with E-state index in [0.717, 1.165) is 22.3 Å². The van der Waals surface area contributed by atoms with Crippen molar-refractivity contribution in [1.29, 1.82) is 0 Å². The molecule has 0 bridgehead atoms. The molecule has 5 heteroatoms. The normalized spacial score (nSPS) is 22.9. The number of aromatic nitrogens is 3. The molecule has 0 aliphatic heterocycles. The van der Waals surface area contributed by atoms with Crippen LogP contribution < -0.4 is 5.32 Å². The number of thioether (sulfide) groups is 1. The van der Waals surface area contributed by atoms with Gasteiger partial charge in [0.05, 0.1) is 5.69 Å². The van der Waals surface area contributed by atoms with Gasteiger partial charge in [0.2, 0.25) is 0 Å². The van der Waals surface area contributed by atoms with E-state index in [1.54, 1.807) is 0 Å². The average molecular weight is 304 g/mol. The van der Waals surface area contributed by atoms with Crippen LogP contribution in [0, 0.1) is 0 Å². The molecule has 0 amide bonds. The number of hydrogen-bond acceptors (Lipinski definition) is 4. The molecule has 2 aromatic rings. The Morgan fingerprint density at radius 3 is 3.00 bits per heavy atom. The molecule has 1 aliphatic carbocycles. The zero-order chi connectivity index (χ0) is 14.8. The number of hydrogen-bond donors (Lipinski definition) is 1. The van der Waals surface area contributed by atoms with Crippen LogP contribution in [0.15, 0.2) is 18.5 Å². The van der Waals surface area contributed by atoms with Crippen LogP contribution in [0.4, 0.5) is 5.82 Å². The third kappa shape index (κ3) is 3.18. The van der Waals surface area contributed by atoms with Gasteiger partial charge in [-0.2, -0.15) is 16.9 Å². The lowest BCUT2D eigenvalue weighted by Crippen LogP contribution is -2.29. The van der Waals surface area contributed by atoms with Crippen molar-refractivity contribution >= 4 is 23.1 Å². The van der Waals surface area contributed by atoms with E-state index in [2.05, 4.69) is 41.6 Å². The van der Waals surface area contributed by atoms with Crippen LogP contribution >= 0.6 is 11.8 Å². The van der Waals surface area contributed by atoms with Crippen molar-refractivity contribution in [3.63, 3.8) is 0 Å². The van der Waals surface area contributed by atoms with E-state index in [1.807, 2.05) is 28.7 Å². The molecular weight excluding hydrogens is 280 g/mol. The Bertz CT molecular complexity index is 607. The van der Waals surface area contributed by atoms with E-state index in [1.165, 1.54) is 25.7 Å². The molecule has 0 spiro atoms. The van der Waals surface area contributed by atoms with Gasteiger partial charge in [-0.3, -0.25) is 0 Å². The maximum absolute atomic E-state index is 4.63. The second-order valence-electron chi connectivity index (χ2n) is 6.20. The van der Waals surface area contributed by atoms with Gasteiger partial charge < -0.3 is 5.32 Å². The lowest BCUT2D eigenvalue weighted by Gasteiger charge is -2.29. The van der Waals surface area contributed by atoms with Gasteiger partial charge in [-0.1, -0.05) is 20.3 Å². The monoisotopic (exact) mass is 304 g/mol. The number of fused-ring (bicyclic) bond motifs is 1. The number of nitrogens with zero attached hydrogens (tertiary/aromatic N) is 3. The molecule has 1 saturated carbocycles. The summed E-state index contributed by atoms with van der Waals surface area (Å²) in [6.45, 7) is 4.35. The fourth-order valence-electron chi connectivity index (χ4n) is 3.02. The van der Waals surface area contributed by atoms with Crippen molar-refractivity contribution in [3.8, 4) is 0 Å². The molecule has 2 atom stereocenters. The van der Waals surface area contributed by atoms with E-state index >= 15 is 0 Å². The van der Waals surface area contributed by atoms with E-state index < -0.39 is 0 Å². The number of anilines is 1. The Hall–Kier alpha value is -1.23. The predicted molar refractivity (Wildman–Crippen MR) is 90.3 cm³/mol. The minimum atomic E-state index is 0.438. The Morgan fingerprint density at radius 2 is 2.24 bits per heavy atom. The van der Waals surface area contributed by atoms with Crippen LogP contribution in [0.2, 0.25) is 0 Å². The van der Waals surface area contributed by atoms with Gasteiger partial charge in [0.15, 0.2) is 5.82 Å². The first-order valence-electron chi connectivity index (χ1n) is 7.81. The summed E-state index contributed by atoms with van der Waals surface area (Å²) in [5.74, 6) is 1.41. The molecule has 2 heterocycles. The van der Waals surface area contributed by atoms with Crippen molar-refractivity contribution in [2.75, 3.05) is 11.6 Å². The predicted octanol–water partition coefficient (Wildman–Crippen LogP) is 3.94. The molecule has 0 saturated heterocycles. The highest BCUT2D eigenvalue weighted by molar-refractivity contribution is 7.99. The quantitative estimate of drug-likeness (QED) is 0.929. The van der Waals surface area contributed by atoms with Crippen LogP contribution in [0.5, 0.6) is 0 Å². The van der Waals surface area contributed by atoms with Crippen LogP contribution in [-0.4, -0.2) is 32.1 Å². The zero-order valence-corrected chi connectivity index (χ0v) is 13.9. The van der Waals surface area contributed by atoms with Crippen LogP contribution in [0.3, 0.4) is 0 Å². The summed E-state index contributed by atoms with van der Waals surface area (Å²) in [5, 5.41) is 9.07.